The van der Waals surface area contributed by atoms with Crippen LogP contribution in [0.1, 0.15) is 54.2 Å². The van der Waals surface area contributed by atoms with Gasteiger partial charge in [0.25, 0.3) is 0 Å². The van der Waals surface area contributed by atoms with E-state index in [-0.39, 0.29) is 0 Å². The number of benzene rings is 3. The highest BCUT2D eigenvalue weighted by Crippen LogP contribution is 2.40. The topological polar surface area (TPSA) is 88.2 Å². The number of nitrogens with zero attached hydrogens (tertiary/aromatic N) is 2. The van der Waals surface area contributed by atoms with Crippen LogP contribution in [-0.2, 0) is 4.74 Å². The summed E-state index contributed by atoms with van der Waals surface area (Å²) >= 11 is 0. The van der Waals surface area contributed by atoms with E-state index in [1.165, 1.54) is 18.4 Å². The fourth-order valence-corrected chi connectivity index (χ4v) is 4.11. The van der Waals surface area contributed by atoms with Crippen molar-refractivity contribution in [3.8, 4) is 28.5 Å². The van der Waals surface area contributed by atoms with Crippen LogP contribution < -0.4 is 5.32 Å². The van der Waals surface area contributed by atoms with Crippen molar-refractivity contribution in [2.24, 2.45) is 0 Å². The van der Waals surface area contributed by atoms with Crippen LogP contribution >= 0.6 is 0 Å². The maximum Gasteiger partial charge on any atom is 0.412 e. The lowest BCUT2D eigenvalue weighted by Crippen LogP contribution is -2.16. The van der Waals surface area contributed by atoms with Crippen molar-refractivity contribution in [3.63, 3.8) is 0 Å². The van der Waals surface area contributed by atoms with Crippen LogP contribution in [0.15, 0.2) is 77.3 Å². The third kappa shape index (κ3) is 4.95. The molecule has 0 saturated heterocycles. The fourth-order valence-electron chi connectivity index (χ4n) is 4.11. The van der Waals surface area contributed by atoms with Gasteiger partial charge in [-0.2, -0.15) is 5.26 Å². The Hall–Kier alpha value is -4.37. The van der Waals surface area contributed by atoms with Gasteiger partial charge < -0.3 is 9.26 Å². The summed E-state index contributed by atoms with van der Waals surface area (Å²) in [6, 6.07) is 25.8. The van der Waals surface area contributed by atoms with Crippen molar-refractivity contribution >= 4 is 11.8 Å². The first-order chi connectivity index (χ1) is 17.0. The molecule has 35 heavy (non-hydrogen) atoms. The van der Waals surface area contributed by atoms with E-state index in [0.29, 0.717) is 22.7 Å². The number of carbonyl (C=O) groups is 1. The van der Waals surface area contributed by atoms with Crippen LogP contribution in [0.25, 0.3) is 22.5 Å². The van der Waals surface area contributed by atoms with Gasteiger partial charge in [-0.05, 0) is 67.0 Å². The van der Waals surface area contributed by atoms with E-state index in [2.05, 4.69) is 40.8 Å². The van der Waals surface area contributed by atoms with E-state index in [4.69, 9.17) is 14.5 Å². The highest BCUT2D eigenvalue weighted by Gasteiger charge is 2.23. The molecule has 1 unspecified atom stereocenters. The molecule has 1 heterocycles. The van der Waals surface area contributed by atoms with Crippen molar-refractivity contribution in [1.29, 1.82) is 5.26 Å². The number of amides is 1. The Morgan fingerprint density at radius 1 is 1.06 bits per heavy atom. The zero-order valence-electron chi connectivity index (χ0n) is 19.6. The molecule has 1 fully saturated rings. The summed E-state index contributed by atoms with van der Waals surface area (Å²) in [5.41, 5.74) is 6.75. The highest BCUT2D eigenvalue weighted by atomic mass is 16.6. The number of carbonyl (C=O) groups excluding carboxylic acids is 1. The molecule has 1 saturated carbocycles. The van der Waals surface area contributed by atoms with E-state index in [1.807, 2.05) is 30.3 Å². The predicted molar refractivity (Wildman–Crippen MR) is 134 cm³/mol. The van der Waals surface area contributed by atoms with E-state index < -0.39 is 12.2 Å². The van der Waals surface area contributed by atoms with E-state index in [0.717, 1.165) is 28.2 Å². The molecule has 3 aromatic carbocycles. The van der Waals surface area contributed by atoms with E-state index >= 15 is 0 Å². The first-order valence-electron chi connectivity index (χ1n) is 11.7. The minimum Gasteiger partial charge on any atom is -0.441 e. The number of hydrogen-bond acceptors (Lipinski definition) is 5. The minimum absolute atomic E-state index is 0.467. The molecule has 0 spiro atoms. The lowest BCUT2D eigenvalue weighted by atomic mass is 10.0. The Balaban J connectivity index is 1.29. The monoisotopic (exact) mass is 463 g/mol. The van der Waals surface area contributed by atoms with Gasteiger partial charge >= 0.3 is 6.09 Å². The highest BCUT2D eigenvalue weighted by molar-refractivity contribution is 5.91. The average molecular weight is 464 g/mol. The first-order valence-corrected chi connectivity index (χ1v) is 11.7. The molecule has 1 aliphatic rings. The fraction of sp³-hybridized carbons (Fsp3) is 0.207. The summed E-state index contributed by atoms with van der Waals surface area (Å²) in [7, 11) is 0. The minimum atomic E-state index is -0.625. The van der Waals surface area contributed by atoms with Gasteiger partial charge in [0.05, 0.1) is 11.6 Å². The molecule has 1 aliphatic carbocycles. The van der Waals surface area contributed by atoms with E-state index in [1.54, 1.807) is 32.0 Å². The van der Waals surface area contributed by atoms with E-state index in [9.17, 15) is 4.79 Å². The SMILES string of the molecule is Cc1noc(-c2ccc(-c3ccc(C4CC4)cc3)cc2)c1NC(=O)OC(C)c1cccc(C#N)c1. The average Bonchev–Trinajstić information content (AvgIpc) is 3.68. The summed E-state index contributed by atoms with van der Waals surface area (Å²) < 4.78 is 11.1. The number of aryl methyl sites for hydroxylation is 1. The Bertz CT molecular complexity index is 1390. The number of anilines is 1. The standard InChI is InChI=1S/C29H25N3O3/c1-18-27(31-29(33)34-19(2)26-5-3-4-20(16-26)17-30)28(35-32-18)25-14-12-24(13-15-25)23-10-8-22(9-11-23)21-6-7-21/h3-5,8-16,19,21H,6-7H2,1-2H3,(H,31,33). The van der Waals surface area contributed by atoms with Crippen molar-refractivity contribution in [3.05, 3.63) is 95.2 Å². The molecular formula is C29H25N3O3. The summed E-state index contributed by atoms with van der Waals surface area (Å²) in [4.78, 5) is 12.6. The molecular weight excluding hydrogens is 438 g/mol. The van der Waals surface area contributed by atoms with Gasteiger partial charge in [0, 0.05) is 5.56 Å². The number of rotatable bonds is 6. The molecule has 1 atom stereocenters. The smallest absolute Gasteiger partial charge is 0.412 e. The third-order valence-electron chi connectivity index (χ3n) is 6.30. The Morgan fingerprint density at radius 3 is 2.37 bits per heavy atom. The summed E-state index contributed by atoms with van der Waals surface area (Å²) in [5, 5.41) is 15.9. The van der Waals surface area contributed by atoms with Crippen molar-refractivity contribution < 1.29 is 14.1 Å². The summed E-state index contributed by atoms with van der Waals surface area (Å²) in [5.74, 6) is 1.21. The van der Waals surface area contributed by atoms with Gasteiger partial charge in [0.1, 0.15) is 17.5 Å². The summed E-state index contributed by atoms with van der Waals surface area (Å²) in [6.07, 6.45) is 1.43. The lowest BCUT2D eigenvalue weighted by Gasteiger charge is -2.14. The molecule has 6 heteroatoms. The number of ether oxygens (including phenoxy) is 1. The number of aromatic nitrogens is 1. The Morgan fingerprint density at radius 2 is 1.71 bits per heavy atom. The zero-order valence-corrected chi connectivity index (χ0v) is 19.6. The number of hydrogen-bond donors (Lipinski definition) is 1. The Labute approximate surface area is 204 Å². The largest absolute Gasteiger partial charge is 0.441 e. The summed E-state index contributed by atoms with van der Waals surface area (Å²) in [6.45, 7) is 3.52. The zero-order chi connectivity index (χ0) is 24.4. The first kappa shape index (κ1) is 22.4. The van der Waals surface area contributed by atoms with Gasteiger partial charge in [-0.3, -0.25) is 5.32 Å². The number of nitrogens with one attached hydrogen (secondary N) is 1. The van der Waals surface area contributed by atoms with Crippen LogP contribution in [0.3, 0.4) is 0 Å². The van der Waals surface area contributed by atoms with Gasteiger partial charge in [0.15, 0.2) is 5.76 Å². The molecule has 4 aromatic rings. The molecule has 5 rings (SSSR count). The molecule has 0 radical (unpaired) electrons. The van der Waals surface area contributed by atoms with Gasteiger partial charge in [0.2, 0.25) is 0 Å². The normalized spacial score (nSPS) is 13.6. The molecule has 174 valence electrons. The van der Waals surface area contributed by atoms with Crippen LogP contribution in [0.5, 0.6) is 0 Å². The predicted octanol–water partition coefficient (Wildman–Crippen LogP) is 7.38. The van der Waals surface area contributed by atoms with Crippen LogP contribution in [0.4, 0.5) is 10.5 Å². The number of nitriles is 1. The molecule has 0 aliphatic heterocycles. The lowest BCUT2D eigenvalue weighted by molar-refractivity contribution is 0.121. The second kappa shape index (κ2) is 9.47. The second-order valence-corrected chi connectivity index (χ2v) is 8.86. The maximum atomic E-state index is 12.6. The van der Waals surface area contributed by atoms with Gasteiger partial charge in [-0.1, -0.05) is 65.8 Å². The maximum absolute atomic E-state index is 12.6. The molecule has 1 aromatic heterocycles. The van der Waals surface area contributed by atoms with Gasteiger partial charge in [-0.25, -0.2) is 4.79 Å². The second-order valence-electron chi connectivity index (χ2n) is 8.86. The van der Waals surface area contributed by atoms with Crippen LogP contribution in [0.2, 0.25) is 0 Å². The quantitative estimate of drug-likeness (QED) is 0.322. The van der Waals surface area contributed by atoms with Gasteiger partial charge in [-0.15, -0.1) is 0 Å². The molecule has 1 N–H and O–H groups in total. The van der Waals surface area contributed by atoms with Crippen LogP contribution in [-0.4, -0.2) is 11.2 Å². The van der Waals surface area contributed by atoms with Crippen molar-refractivity contribution in [1.82, 2.24) is 5.16 Å². The molecule has 0 bridgehead atoms. The van der Waals surface area contributed by atoms with Crippen LogP contribution in [0, 0.1) is 18.3 Å². The molecule has 6 nitrogen and oxygen atoms in total. The Kier molecular flexibility index (Phi) is 6.07. The van der Waals surface area contributed by atoms with Crippen molar-refractivity contribution in [2.45, 2.75) is 38.7 Å². The molecule has 1 amide bonds. The van der Waals surface area contributed by atoms with Crippen molar-refractivity contribution in [2.75, 3.05) is 5.32 Å². The third-order valence-corrected chi connectivity index (χ3v) is 6.30.